The number of carbonyl (C=O) groups excluding carboxylic acids is 1. The molecule has 1 aromatic carbocycles. The van der Waals surface area contributed by atoms with Gasteiger partial charge in [0.15, 0.2) is 0 Å². The zero-order valence-corrected chi connectivity index (χ0v) is 15.3. The summed E-state index contributed by atoms with van der Waals surface area (Å²) < 4.78 is 40.2. The number of rotatable bonds is 5. The van der Waals surface area contributed by atoms with Gasteiger partial charge in [0.2, 0.25) is 0 Å². The number of thiophene rings is 1. The molecule has 0 radical (unpaired) electrons. The Hall–Kier alpha value is -2.75. The molecule has 0 aliphatic heterocycles. The fourth-order valence-electron chi connectivity index (χ4n) is 2.52. The molecule has 2 aromatic heterocycles. The van der Waals surface area contributed by atoms with Gasteiger partial charge in [0.1, 0.15) is 11.2 Å². The zero-order chi connectivity index (χ0) is 19.7. The third kappa shape index (κ3) is 4.16. The number of hydrogen-bond acceptors (Lipinski definition) is 5. The second-order valence-corrected chi connectivity index (χ2v) is 7.45. The minimum Gasteiger partial charge on any atom is -0.350 e. The molecule has 27 heavy (non-hydrogen) atoms. The predicted molar refractivity (Wildman–Crippen MR) is 93.8 cm³/mol. The second kappa shape index (κ2) is 7.10. The SMILES string of the molecule is CC(C)(CNC(=O)c1sccc1-n1cnnn1)c1cccc(C(F)(F)F)c1. The fraction of sp³-hybridized carbons (Fsp3) is 0.294. The van der Waals surface area contributed by atoms with Crippen LogP contribution in [0.5, 0.6) is 0 Å². The topological polar surface area (TPSA) is 72.7 Å². The summed E-state index contributed by atoms with van der Waals surface area (Å²) in [4.78, 5) is 13.0. The first-order chi connectivity index (χ1) is 12.7. The highest BCUT2D eigenvalue weighted by atomic mass is 32.1. The molecule has 0 saturated heterocycles. The van der Waals surface area contributed by atoms with Gasteiger partial charge in [-0.25, -0.2) is 0 Å². The maximum absolute atomic E-state index is 12.9. The van der Waals surface area contributed by atoms with Crippen molar-refractivity contribution >= 4 is 17.2 Å². The van der Waals surface area contributed by atoms with E-state index in [0.717, 1.165) is 12.1 Å². The normalized spacial score (nSPS) is 12.2. The number of tetrazole rings is 1. The molecule has 0 aliphatic rings. The monoisotopic (exact) mass is 395 g/mol. The maximum atomic E-state index is 12.9. The van der Waals surface area contributed by atoms with Gasteiger partial charge in [-0.15, -0.1) is 16.4 Å². The smallest absolute Gasteiger partial charge is 0.350 e. The van der Waals surface area contributed by atoms with Crippen molar-refractivity contribution in [2.45, 2.75) is 25.4 Å². The summed E-state index contributed by atoms with van der Waals surface area (Å²) in [7, 11) is 0. The van der Waals surface area contributed by atoms with Crippen LogP contribution in [-0.4, -0.2) is 32.7 Å². The second-order valence-electron chi connectivity index (χ2n) is 6.53. The van der Waals surface area contributed by atoms with E-state index in [1.165, 1.54) is 28.4 Å². The van der Waals surface area contributed by atoms with Gasteiger partial charge in [-0.3, -0.25) is 4.79 Å². The first-order valence-corrected chi connectivity index (χ1v) is 8.83. The molecule has 2 heterocycles. The summed E-state index contributed by atoms with van der Waals surface area (Å²) in [5.74, 6) is -0.337. The van der Waals surface area contributed by atoms with Crippen molar-refractivity contribution in [3.8, 4) is 5.69 Å². The molecule has 0 spiro atoms. The van der Waals surface area contributed by atoms with Crippen LogP contribution < -0.4 is 5.32 Å². The highest BCUT2D eigenvalue weighted by Gasteiger charge is 2.32. The van der Waals surface area contributed by atoms with Gasteiger partial charge in [0, 0.05) is 12.0 Å². The summed E-state index contributed by atoms with van der Waals surface area (Å²) in [5.41, 5.74) is -0.370. The standard InChI is InChI=1S/C17H16F3N5OS/c1-16(2,11-4-3-5-12(8-11)17(18,19)20)9-21-15(26)14-13(6-7-27-14)25-10-22-23-24-25/h3-8,10H,9H2,1-2H3,(H,21,26). The molecule has 10 heteroatoms. The van der Waals surface area contributed by atoms with E-state index in [2.05, 4.69) is 20.8 Å². The van der Waals surface area contributed by atoms with Crippen LogP contribution in [0.1, 0.15) is 34.6 Å². The molecule has 0 fully saturated rings. The molecule has 1 N–H and O–H groups in total. The number of aromatic nitrogens is 4. The van der Waals surface area contributed by atoms with Crippen molar-refractivity contribution in [3.63, 3.8) is 0 Å². The third-order valence-electron chi connectivity index (χ3n) is 4.11. The lowest BCUT2D eigenvalue weighted by Crippen LogP contribution is -2.36. The van der Waals surface area contributed by atoms with Crippen molar-refractivity contribution in [3.05, 3.63) is 58.0 Å². The third-order valence-corrected chi connectivity index (χ3v) is 5.01. The van der Waals surface area contributed by atoms with Crippen LogP contribution in [-0.2, 0) is 11.6 Å². The lowest BCUT2D eigenvalue weighted by atomic mass is 9.83. The van der Waals surface area contributed by atoms with Crippen molar-refractivity contribution in [2.24, 2.45) is 0 Å². The van der Waals surface area contributed by atoms with E-state index >= 15 is 0 Å². The number of hydrogen-bond donors (Lipinski definition) is 1. The van der Waals surface area contributed by atoms with Gasteiger partial charge in [0.05, 0.1) is 11.3 Å². The quantitative estimate of drug-likeness (QED) is 0.718. The number of carbonyl (C=O) groups is 1. The Labute approximate surface area is 157 Å². The first kappa shape index (κ1) is 19.0. The summed E-state index contributed by atoms with van der Waals surface area (Å²) in [6.45, 7) is 3.72. The molecule has 1 amide bonds. The van der Waals surface area contributed by atoms with E-state index in [1.807, 2.05) is 0 Å². The van der Waals surface area contributed by atoms with Gasteiger partial charge in [-0.1, -0.05) is 32.0 Å². The highest BCUT2D eigenvalue weighted by molar-refractivity contribution is 7.12. The molecule has 3 rings (SSSR count). The molecular formula is C17H16F3N5OS. The van der Waals surface area contributed by atoms with E-state index in [1.54, 1.807) is 31.4 Å². The molecule has 3 aromatic rings. The predicted octanol–water partition coefficient (Wildman–Crippen LogP) is 3.45. The summed E-state index contributed by atoms with van der Waals surface area (Å²) in [5, 5.41) is 15.4. The lowest BCUT2D eigenvalue weighted by molar-refractivity contribution is -0.137. The van der Waals surface area contributed by atoms with E-state index in [-0.39, 0.29) is 12.5 Å². The molecule has 0 atom stereocenters. The van der Waals surface area contributed by atoms with Crippen LogP contribution in [0.4, 0.5) is 13.2 Å². The van der Waals surface area contributed by atoms with Crippen LogP contribution in [0.2, 0.25) is 0 Å². The average molecular weight is 395 g/mol. The molecule has 0 saturated carbocycles. The van der Waals surface area contributed by atoms with Gasteiger partial charge < -0.3 is 5.32 Å². The molecular weight excluding hydrogens is 379 g/mol. The average Bonchev–Trinajstić information content (AvgIpc) is 3.30. The summed E-state index contributed by atoms with van der Waals surface area (Å²) in [6.07, 6.45) is -3.03. The van der Waals surface area contributed by atoms with Crippen LogP contribution in [0.3, 0.4) is 0 Å². The Kier molecular flexibility index (Phi) is 5.01. The first-order valence-electron chi connectivity index (χ1n) is 7.95. The van der Waals surface area contributed by atoms with E-state index in [4.69, 9.17) is 0 Å². The van der Waals surface area contributed by atoms with Gasteiger partial charge in [-0.2, -0.15) is 17.9 Å². The van der Waals surface area contributed by atoms with E-state index < -0.39 is 17.2 Å². The summed E-state index contributed by atoms with van der Waals surface area (Å²) >= 11 is 1.23. The Bertz CT molecular complexity index is 934. The number of nitrogens with zero attached hydrogens (tertiary/aromatic N) is 4. The van der Waals surface area contributed by atoms with E-state index in [9.17, 15) is 18.0 Å². The van der Waals surface area contributed by atoms with Crippen molar-refractivity contribution in [1.82, 2.24) is 25.5 Å². The molecule has 0 unspecified atom stereocenters. The Morgan fingerprint density at radius 3 is 2.63 bits per heavy atom. The lowest BCUT2D eigenvalue weighted by Gasteiger charge is -2.26. The summed E-state index contributed by atoms with van der Waals surface area (Å²) in [6, 6.07) is 6.86. The zero-order valence-electron chi connectivity index (χ0n) is 14.5. The Morgan fingerprint density at radius 1 is 1.22 bits per heavy atom. The van der Waals surface area contributed by atoms with E-state index in [0.29, 0.717) is 16.1 Å². The van der Waals surface area contributed by atoms with Crippen LogP contribution in [0.25, 0.3) is 5.69 Å². The van der Waals surface area contributed by atoms with Crippen LogP contribution in [0.15, 0.2) is 42.0 Å². The number of amides is 1. The largest absolute Gasteiger partial charge is 0.416 e. The van der Waals surface area contributed by atoms with Gasteiger partial charge in [-0.05, 0) is 33.5 Å². The molecule has 142 valence electrons. The number of alkyl halides is 3. The number of benzene rings is 1. The molecule has 6 nitrogen and oxygen atoms in total. The van der Waals surface area contributed by atoms with Crippen molar-refractivity contribution in [1.29, 1.82) is 0 Å². The van der Waals surface area contributed by atoms with Gasteiger partial charge >= 0.3 is 6.18 Å². The molecule has 0 bridgehead atoms. The maximum Gasteiger partial charge on any atom is 0.416 e. The fourth-order valence-corrected chi connectivity index (χ4v) is 3.32. The highest BCUT2D eigenvalue weighted by Crippen LogP contribution is 2.32. The Morgan fingerprint density at radius 2 is 1.96 bits per heavy atom. The minimum absolute atomic E-state index is 0.167. The van der Waals surface area contributed by atoms with Gasteiger partial charge in [0.25, 0.3) is 5.91 Å². The Balaban J connectivity index is 1.75. The number of nitrogens with one attached hydrogen (secondary N) is 1. The van der Waals surface area contributed by atoms with Crippen LogP contribution in [0, 0.1) is 0 Å². The van der Waals surface area contributed by atoms with Crippen LogP contribution >= 0.6 is 11.3 Å². The minimum atomic E-state index is -4.41. The number of halogens is 3. The van der Waals surface area contributed by atoms with Crippen molar-refractivity contribution < 1.29 is 18.0 Å². The molecule has 0 aliphatic carbocycles. The van der Waals surface area contributed by atoms with Crippen molar-refractivity contribution in [2.75, 3.05) is 6.54 Å².